The summed E-state index contributed by atoms with van der Waals surface area (Å²) < 4.78 is 83.8. The van der Waals surface area contributed by atoms with E-state index in [2.05, 4.69) is 15.1 Å². The molecule has 0 N–H and O–H groups in total. The maximum atomic E-state index is 13.5. The molecule has 0 atom stereocenters. The van der Waals surface area contributed by atoms with Crippen LogP contribution in [0.4, 0.5) is 26.3 Å². The molecule has 0 unspecified atom stereocenters. The van der Waals surface area contributed by atoms with Crippen LogP contribution in [0.3, 0.4) is 0 Å². The van der Waals surface area contributed by atoms with Crippen LogP contribution < -0.4 is 10.3 Å². The number of alkyl halides is 6. The van der Waals surface area contributed by atoms with Gasteiger partial charge in [-0.05, 0) is 0 Å². The van der Waals surface area contributed by atoms with E-state index < -0.39 is 47.9 Å². The Hall–Kier alpha value is -3.12. The zero-order valence-corrected chi connectivity index (χ0v) is 14.0. The van der Waals surface area contributed by atoms with Gasteiger partial charge in [0, 0.05) is 30.6 Å². The molecular formula is C15H11F6N5O2. The number of nitrogens with zero attached hydrogens (tertiary/aromatic N) is 5. The zero-order valence-electron chi connectivity index (χ0n) is 14.0. The molecule has 0 radical (unpaired) electrons. The van der Waals surface area contributed by atoms with Crippen molar-refractivity contribution in [2.24, 2.45) is 0 Å². The number of halogens is 6. The summed E-state index contributed by atoms with van der Waals surface area (Å²) in [6, 6.07) is 1.25. The standard InChI is InChI=1S/C15H11F6N5O2/c1-28-9-2-4-26-12(27)10(11(15(19,20)21)24-13(26)23-9)8-6-22-25(7-8)5-3-14(16,17)18/h2,4,6-7H,3,5H2,1H3. The molecule has 0 aliphatic carbocycles. The fourth-order valence-corrected chi connectivity index (χ4v) is 2.44. The van der Waals surface area contributed by atoms with Crippen LogP contribution in [0.5, 0.6) is 5.88 Å². The smallest absolute Gasteiger partial charge is 0.434 e. The lowest BCUT2D eigenvalue weighted by molar-refractivity contribution is -0.140. The molecule has 0 aromatic carbocycles. The van der Waals surface area contributed by atoms with E-state index in [9.17, 15) is 31.1 Å². The Labute approximate surface area is 152 Å². The lowest BCUT2D eigenvalue weighted by atomic mass is 10.1. The molecule has 0 bridgehead atoms. The summed E-state index contributed by atoms with van der Waals surface area (Å²) in [7, 11) is 1.24. The van der Waals surface area contributed by atoms with E-state index in [1.165, 1.54) is 13.2 Å². The van der Waals surface area contributed by atoms with Crippen molar-refractivity contribution >= 4 is 5.78 Å². The summed E-state index contributed by atoms with van der Waals surface area (Å²) in [6.45, 7) is -0.605. The first-order valence-corrected chi connectivity index (χ1v) is 7.64. The molecule has 3 aromatic rings. The van der Waals surface area contributed by atoms with E-state index >= 15 is 0 Å². The summed E-state index contributed by atoms with van der Waals surface area (Å²) in [5.74, 6) is -0.586. The molecule has 0 fully saturated rings. The highest BCUT2D eigenvalue weighted by Crippen LogP contribution is 2.34. The highest BCUT2D eigenvalue weighted by Gasteiger charge is 2.38. The van der Waals surface area contributed by atoms with Crippen molar-refractivity contribution in [1.29, 1.82) is 0 Å². The summed E-state index contributed by atoms with van der Waals surface area (Å²) in [5.41, 5.74) is -3.76. The van der Waals surface area contributed by atoms with Gasteiger partial charge in [0.1, 0.15) is 0 Å². The monoisotopic (exact) mass is 407 g/mol. The van der Waals surface area contributed by atoms with Crippen LogP contribution in [0.1, 0.15) is 12.1 Å². The highest BCUT2D eigenvalue weighted by atomic mass is 19.4. The molecule has 150 valence electrons. The number of ether oxygens (including phenoxy) is 1. The van der Waals surface area contributed by atoms with E-state index in [0.717, 1.165) is 27.7 Å². The Morgan fingerprint density at radius 1 is 1.14 bits per heavy atom. The molecular weight excluding hydrogens is 396 g/mol. The van der Waals surface area contributed by atoms with E-state index in [-0.39, 0.29) is 11.4 Å². The SMILES string of the molecule is COc1ccn2c(=O)c(-c3cnn(CCC(F)(F)F)c3)c(C(F)(F)F)nc2n1. The minimum Gasteiger partial charge on any atom is -0.481 e. The molecule has 28 heavy (non-hydrogen) atoms. The van der Waals surface area contributed by atoms with Gasteiger partial charge in [0.2, 0.25) is 11.7 Å². The van der Waals surface area contributed by atoms with Crippen molar-refractivity contribution in [3.05, 3.63) is 40.7 Å². The third kappa shape index (κ3) is 3.92. The van der Waals surface area contributed by atoms with Gasteiger partial charge < -0.3 is 4.74 Å². The molecule has 3 rings (SSSR count). The summed E-state index contributed by atoms with van der Waals surface area (Å²) >= 11 is 0. The van der Waals surface area contributed by atoms with Crippen LogP contribution in [-0.2, 0) is 12.7 Å². The highest BCUT2D eigenvalue weighted by molar-refractivity contribution is 5.65. The molecule has 0 saturated carbocycles. The van der Waals surface area contributed by atoms with Gasteiger partial charge in [0.05, 0.1) is 25.3 Å². The topological polar surface area (TPSA) is 74.3 Å². The second-order valence-electron chi connectivity index (χ2n) is 5.64. The number of aryl methyl sites for hydroxylation is 1. The van der Waals surface area contributed by atoms with Crippen LogP contribution in [0.2, 0.25) is 0 Å². The van der Waals surface area contributed by atoms with Crippen LogP contribution in [-0.4, -0.2) is 37.4 Å². The van der Waals surface area contributed by atoms with Crippen molar-refractivity contribution in [2.45, 2.75) is 25.3 Å². The minimum atomic E-state index is -5.01. The number of rotatable bonds is 4. The van der Waals surface area contributed by atoms with Crippen molar-refractivity contribution in [2.75, 3.05) is 7.11 Å². The first kappa shape index (κ1) is 19.6. The van der Waals surface area contributed by atoms with Gasteiger partial charge in [-0.15, -0.1) is 0 Å². The lowest BCUT2D eigenvalue weighted by Gasteiger charge is -2.12. The Bertz CT molecular complexity index is 1070. The van der Waals surface area contributed by atoms with Crippen molar-refractivity contribution in [3.63, 3.8) is 0 Å². The van der Waals surface area contributed by atoms with Gasteiger partial charge >= 0.3 is 12.4 Å². The predicted octanol–water partition coefficient (Wildman–Crippen LogP) is 2.93. The number of methoxy groups -OCH3 is 1. The fraction of sp³-hybridized carbons (Fsp3) is 0.333. The quantitative estimate of drug-likeness (QED) is 0.622. The maximum absolute atomic E-state index is 13.5. The molecule has 3 heterocycles. The van der Waals surface area contributed by atoms with Crippen LogP contribution >= 0.6 is 0 Å². The minimum absolute atomic E-state index is 0.0484. The first-order valence-electron chi connectivity index (χ1n) is 7.64. The van der Waals surface area contributed by atoms with Crippen LogP contribution in [0.15, 0.2) is 29.5 Å². The summed E-state index contributed by atoms with van der Waals surface area (Å²) in [5, 5.41) is 3.61. The lowest BCUT2D eigenvalue weighted by Crippen LogP contribution is -2.24. The van der Waals surface area contributed by atoms with Gasteiger partial charge in [-0.2, -0.15) is 36.4 Å². The third-order valence-corrected chi connectivity index (χ3v) is 3.70. The average molecular weight is 407 g/mol. The van der Waals surface area contributed by atoms with Gasteiger partial charge in [-0.25, -0.2) is 4.98 Å². The number of fused-ring (bicyclic) bond motifs is 1. The second kappa shape index (κ2) is 6.80. The Kier molecular flexibility index (Phi) is 4.77. The second-order valence-corrected chi connectivity index (χ2v) is 5.64. The molecule has 0 aliphatic rings. The zero-order chi connectivity index (χ0) is 20.7. The maximum Gasteiger partial charge on any atom is 0.434 e. The number of hydrogen-bond acceptors (Lipinski definition) is 5. The van der Waals surface area contributed by atoms with Crippen molar-refractivity contribution < 1.29 is 31.1 Å². The van der Waals surface area contributed by atoms with Gasteiger partial charge in [0.25, 0.3) is 5.56 Å². The summed E-state index contributed by atoms with van der Waals surface area (Å²) in [6.07, 6.45) is -7.75. The average Bonchev–Trinajstić information content (AvgIpc) is 3.06. The number of hydrogen-bond donors (Lipinski definition) is 0. The first-order chi connectivity index (χ1) is 13.0. The fourth-order valence-electron chi connectivity index (χ4n) is 2.44. The van der Waals surface area contributed by atoms with Crippen molar-refractivity contribution in [1.82, 2.24) is 24.1 Å². The largest absolute Gasteiger partial charge is 0.481 e. The summed E-state index contributed by atoms with van der Waals surface area (Å²) in [4.78, 5) is 19.8. The van der Waals surface area contributed by atoms with Crippen LogP contribution in [0.25, 0.3) is 16.9 Å². The Morgan fingerprint density at radius 3 is 2.46 bits per heavy atom. The third-order valence-electron chi connectivity index (χ3n) is 3.70. The van der Waals surface area contributed by atoms with Crippen LogP contribution in [0, 0.1) is 0 Å². The molecule has 0 aliphatic heterocycles. The number of aromatic nitrogens is 5. The molecule has 0 amide bonds. The van der Waals surface area contributed by atoms with Gasteiger partial charge in [-0.1, -0.05) is 0 Å². The van der Waals surface area contributed by atoms with Gasteiger partial charge in [-0.3, -0.25) is 13.9 Å². The predicted molar refractivity (Wildman–Crippen MR) is 82.7 cm³/mol. The molecule has 0 spiro atoms. The van der Waals surface area contributed by atoms with E-state index in [1.807, 2.05) is 0 Å². The van der Waals surface area contributed by atoms with E-state index in [1.54, 1.807) is 0 Å². The van der Waals surface area contributed by atoms with Crippen molar-refractivity contribution in [3.8, 4) is 17.0 Å². The van der Waals surface area contributed by atoms with Gasteiger partial charge in [0.15, 0.2) is 5.69 Å². The van der Waals surface area contributed by atoms with E-state index in [4.69, 9.17) is 4.74 Å². The Balaban J connectivity index is 2.16. The Morgan fingerprint density at radius 2 is 1.86 bits per heavy atom. The van der Waals surface area contributed by atoms with E-state index in [0.29, 0.717) is 0 Å². The molecule has 0 saturated heterocycles. The normalized spacial score (nSPS) is 12.5. The molecule has 13 heteroatoms. The molecule has 7 nitrogen and oxygen atoms in total. The molecule has 3 aromatic heterocycles.